The molecule has 3 aromatic rings. The molecule has 1 N–H and O–H groups in total. The number of benzene rings is 1. The molecule has 4 rings (SSSR count). The molecule has 0 unspecified atom stereocenters. The van der Waals surface area contributed by atoms with Gasteiger partial charge in [-0.25, -0.2) is 0 Å². The number of nitrogens with zero attached hydrogens (tertiary/aromatic N) is 2. The molecule has 0 spiro atoms. The van der Waals surface area contributed by atoms with Crippen LogP contribution in [0.1, 0.15) is 47.9 Å². The lowest BCUT2D eigenvalue weighted by molar-refractivity contribution is -0.133. The van der Waals surface area contributed by atoms with Gasteiger partial charge < -0.3 is 14.6 Å². The second-order valence-electron chi connectivity index (χ2n) is 8.45. The number of nitrogens with one attached hydrogen (secondary N) is 1. The van der Waals surface area contributed by atoms with Gasteiger partial charge >= 0.3 is 0 Å². The molecular formula is C25H29N3O3. The van der Waals surface area contributed by atoms with Gasteiger partial charge in [-0.15, -0.1) is 0 Å². The van der Waals surface area contributed by atoms with E-state index in [0.717, 1.165) is 53.5 Å². The van der Waals surface area contributed by atoms with E-state index < -0.39 is 0 Å². The Morgan fingerprint density at radius 1 is 1.26 bits per heavy atom. The van der Waals surface area contributed by atoms with Crippen molar-refractivity contribution in [1.82, 2.24) is 14.9 Å². The minimum atomic E-state index is -0.152. The first-order valence-electron chi connectivity index (χ1n) is 10.9. The van der Waals surface area contributed by atoms with Gasteiger partial charge in [0.25, 0.3) is 5.56 Å². The Bertz CT molecular complexity index is 1120. The maximum Gasteiger partial charge on any atom is 0.253 e. The highest BCUT2D eigenvalue weighted by atomic mass is 16.5. The van der Waals surface area contributed by atoms with Crippen molar-refractivity contribution >= 4 is 16.8 Å². The van der Waals surface area contributed by atoms with Gasteiger partial charge in [0.2, 0.25) is 5.91 Å². The van der Waals surface area contributed by atoms with Gasteiger partial charge in [0.15, 0.2) is 0 Å². The molecule has 6 heteroatoms. The van der Waals surface area contributed by atoms with Gasteiger partial charge in [-0.1, -0.05) is 12.1 Å². The van der Waals surface area contributed by atoms with Crippen LogP contribution in [0.3, 0.4) is 0 Å². The monoisotopic (exact) mass is 419 g/mol. The third-order valence-corrected chi connectivity index (χ3v) is 5.90. The smallest absolute Gasteiger partial charge is 0.253 e. The SMILES string of the molecule is Cc1cc(C)c2cc(CN(Cc3cccnc3)C(=O)CC[C@@H]3CCCO3)c(=O)[nH]c2c1. The molecule has 2 aromatic heterocycles. The molecule has 1 aliphatic heterocycles. The highest BCUT2D eigenvalue weighted by Gasteiger charge is 2.21. The van der Waals surface area contributed by atoms with Crippen LogP contribution in [-0.2, 0) is 22.6 Å². The summed E-state index contributed by atoms with van der Waals surface area (Å²) in [6, 6.07) is 9.81. The van der Waals surface area contributed by atoms with Crippen LogP contribution in [0, 0.1) is 13.8 Å². The molecule has 31 heavy (non-hydrogen) atoms. The topological polar surface area (TPSA) is 75.3 Å². The predicted molar refractivity (Wildman–Crippen MR) is 121 cm³/mol. The van der Waals surface area contributed by atoms with Crippen LogP contribution in [0.15, 0.2) is 47.5 Å². The minimum absolute atomic E-state index is 0.0273. The molecule has 1 fully saturated rings. The molecule has 1 aliphatic rings. The zero-order valence-electron chi connectivity index (χ0n) is 18.2. The average Bonchev–Trinajstić information content (AvgIpc) is 3.27. The van der Waals surface area contributed by atoms with E-state index in [9.17, 15) is 9.59 Å². The van der Waals surface area contributed by atoms with E-state index in [1.165, 1.54) is 0 Å². The summed E-state index contributed by atoms with van der Waals surface area (Å²) in [6.07, 6.45) is 6.84. The van der Waals surface area contributed by atoms with Crippen molar-refractivity contribution < 1.29 is 9.53 Å². The summed E-state index contributed by atoms with van der Waals surface area (Å²) in [4.78, 5) is 34.9. The van der Waals surface area contributed by atoms with E-state index in [1.807, 2.05) is 38.1 Å². The Labute approximate surface area is 182 Å². The first-order chi connectivity index (χ1) is 15.0. The second kappa shape index (κ2) is 9.43. The number of carbonyl (C=O) groups excluding carboxylic acids is 1. The third-order valence-electron chi connectivity index (χ3n) is 5.90. The summed E-state index contributed by atoms with van der Waals surface area (Å²) in [5, 5.41) is 1.01. The number of aryl methyl sites for hydroxylation is 2. The van der Waals surface area contributed by atoms with E-state index in [1.54, 1.807) is 17.3 Å². The van der Waals surface area contributed by atoms with Gasteiger partial charge in [0.05, 0.1) is 12.6 Å². The van der Waals surface area contributed by atoms with Crippen LogP contribution < -0.4 is 5.56 Å². The van der Waals surface area contributed by atoms with E-state index in [0.29, 0.717) is 18.5 Å². The lowest BCUT2D eigenvalue weighted by atomic mass is 10.0. The number of hydrogen-bond donors (Lipinski definition) is 1. The molecular weight excluding hydrogens is 390 g/mol. The second-order valence-corrected chi connectivity index (χ2v) is 8.45. The Kier molecular flexibility index (Phi) is 6.47. The molecule has 1 saturated heterocycles. The molecule has 1 aromatic carbocycles. The highest BCUT2D eigenvalue weighted by Crippen LogP contribution is 2.21. The van der Waals surface area contributed by atoms with Crippen molar-refractivity contribution in [3.8, 4) is 0 Å². The fraction of sp³-hybridized carbons (Fsp3) is 0.400. The van der Waals surface area contributed by atoms with E-state index in [-0.39, 0.29) is 24.1 Å². The number of amides is 1. The number of H-pyrrole nitrogens is 1. The fourth-order valence-corrected chi connectivity index (χ4v) is 4.30. The predicted octanol–water partition coefficient (Wildman–Crippen LogP) is 4.03. The van der Waals surface area contributed by atoms with Crippen molar-refractivity contribution in [2.24, 2.45) is 0 Å². The highest BCUT2D eigenvalue weighted by molar-refractivity contribution is 5.83. The summed E-state index contributed by atoms with van der Waals surface area (Å²) < 4.78 is 5.67. The van der Waals surface area contributed by atoms with Crippen LogP contribution in [0.4, 0.5) is 0 Å². The summed E-state index contributed by atoms with van der Waals surface area (Å²) in [6.45, 7) is 5.52. The number of rotatable bonds is 7. The van der Waals surface area contributed by atoms with Crippen molar-refractivity contribution in [2.45, 2.75) is 58.7 Å². The molecule has 1 atom stereocenters. The number of carbonyl (C=O) groups is 1. The summed E-state index contributed by atoms with van der Waals surface area (Å²) >= 11 is 0. The average molecular weight is 420 g/mol. The van der Waals surface area contributed by atoms with E-state index >= 15 is 0 Å². The number of fused-ring (bicyclic) bond motifs is 1. The largest absolute Gasteiger partial charge is 0.378 e. The molecule has 0 saturated carbocycles. The molecule has 3 heterocycles. The maximum atomic E-state index is 13.1. The minimum Gasteiger partial charge on any atom is -0.378 e. The van der Waals surface area contributed by atoms with Crippen LogP contribution in [0.2, 0.25) is 0 Å². The van der Waals surface area contributed by atoms with Crippen molar-refractivity contribution in [3.63, 3.8) is 0 Å². The van der Waals surface area contributed by atoms with Crippen LogP contribution in [0.25, 0.3) is 10.9 Å². The van der Waals surface area contributed by atoms with Crippen molar-refractivity contribution in [1.29, 1.82) is 0 Å². The van der Waals surface area contributed by atoms with Gasteiger partial charge in [-0.2, -0.15) is 0 Å². The summed E-state index contributed by atoms with van der Waals surface area (Å²) in [7, 11) is 0. The Hall–Kier alpha value is -2.99. The van der Waals surface area contributed by atoms with Crippen molar-refractivity contribution in [3.05, 3.63) is 75.3 Å². The number of hydrogen-bond acceptors (Lipinski definition) is 4. The van der Waals surface area contributed by atoms with Crippen LogP contribution in [-0.4, -0.2) is 33.5 Å². The zero-order valence-corrected chi connectivity index (χ0v) is 18.2. The standard InChI is InChI=1S/C25H29N3O3/c1-17-11-18(2)22-13-20(25(30)27-23(22)12-17)16-28(15-19-5-3-9-26-14-19)24(29)8-7-21-6-4-10-31-21/h3,5,9,11-14,21H,4,6-8,10,15-16H2,1-2H3,(H,27,30)/t21-/m0/s1. The van der Waals surface area contributed by atoms with Gasteiger partial charge in [-0.05, 0) is 68.0 Å². The number of aromatic nitrogens is 2. The Morgan fingerprint density at radius 3 is 2.87 bits per heavy atom. The molecule has 162 valence electrons. The lowest BCUT2D eigenvalue weighted by Crippen LogP contribution is -2.33. The van der Waals surface area contributed by atoms with Crippen LogP contribution >= 0.6 is 0 Å². The Balaban J connectivity index is 1.59. The molecule has 0 aliphatic carbocycles. The lowest BCUT2D eigenvalue weighted by Gasteiger charge is -2.23. The number of pyridine rings is 2. The van der Waals surface area contributed by atoms with Gasteiger partial charge in [0, 0.05) is 48.4 Å². The molecule has 1 amide bonds. The molecule has 0 radical (unpaired) electrons. The normalized spacial score (nSPS) is 16.0. The summed E-state index contributed by atoms with van der Waals surface area (Å²) in [5.41, 5.74) is 4.42. The Morgan fingerprint density at radius 2 is 2.13 bits per heavy atom. The maximum absolute atomic E-state index is 13.1. The first-order valence-corrected chi connectivity index (χ1v) is 10.9. The van der Waals surface area contributed by atoms with E-state index in [2.05, 4.69) is 16.0 Å². The number of aromatic amines is 1. The van der Waals surface area contributed by atoms with Crippen molar-refractivity contribution in [2.75, 3.05) is 6.61 Å². The molecule has 0 bridgehead atoms. The third kappa shape index (κ3) is 5.20. The summed E-state index contributed by atoms with van der Waals surface area (Å²) in [5.74, 6) is 0.0273. The quantitative estimate of drug-likeness (QED) is 0.627. The van der Waals surface area contributed by atoms with Gasteiger partial charge in [-0.3, -0.25) is 14.6 Å². The molecule has 6 nitrogen and oxygen atoms in total. The van der Waals surface area contributed by atoms with Crippen LogP contribution in [0.5, 0.6) is 0 Å². The zero-order chi connectivity index (χ0) is 21.8. The number of ether oxygens (including phenoxy) is 1. The fourth-order valence-electron chi connectivity index (χ4n) is 4.30. The first kappa shape index (κ1) is 21.2. The van der Waals surface area contributed by atoms with Gasteiger partial charge in [0.1, 0.15) is 0 Å². The van der Waals surface area contributed by atoms with E-state index in [4.69, 9.17) is 4.74 Å².